The molecule has 5 rings (SSSR count). The summed E-state index contributed by atoms with van der Waals surface area (Å²) >= 11 is 6.66. The van der Waals surface area contributed by atoms with E-state index >= 15 is 0 Å². The molecule has 220 valence electrons. The molecule has 0 spiro atoms. The normalized spacial score (nSPS) is 20.0. The topological polar surface area (TPSA) is 88.6 Å². The molecule has 2 aromatic rings. The van der Waals surface area contributed by atoms with E-state index in [9.17, 15) is 14.4 Å². The van der Waals surface area contributed by atoms with E-state index in [1.807, 2.05) is 26.0 Å². The standard InChI is InChI=1S/C31H38ClN3O6/c1-4-34(5-2)28(36)19-40-30(37)26-10-7-13-35(26)31(38)41-27-17-23-21(16-25(27)32)11-14-33(3)18-24(23)22-9-6-8-20-12-15-39-29(20)22/h6,8-9,16-17,24,26H,4-5,7,10-15,18-19H2,1-3H3. The molecular formula is C31H38ClN3O6. The molecule has 2 aromatic carbocycles. The molecule has 2 amide bonds. The van der Waals surface area contributed by atoms with Gasteiger partial charge in [-0.05, 0) is 69.0 Å². The molecule has 0 bridgehead atoms. The van der Waals surface area contributed by atoms with Crippen LogP contribution in [-0.4, -0.2) is 91.7 Å². The third kappa shape index (κ3) is 6.16. The summed E-state index contributed by atoms with van der Waals surface area (Å²) < 4.78 is 17.2. The Bertz CT molecular complexity index is 1310. The molecular weight excluding hydrogens is 546 g/mol. The number of para-hydroxylation sites is 1. The second-order valence-electron chi connectivity index (χ2n) is 10.9. The number of ether oxygens (including phenoxy) is 3. The van der Waals surface area contributed by atoms with Gasteiger partial charge in [0.05, 0.1) is 11.6 Å². The van der Waals surface area contributed by atoms with Gasteiger partial charge in [-0.15, -0.1) is 0 Å². The van der Waals surface area contributed by atoms with Gasteiger partial charge in [-0.25, -0.2) is 9.59 Å². The van der Waals surface area contributed by atoms with Crippen molar-refractivity contribution in [2.24, 2.45) is 0 Å². The lowest BCUT2D eigenvalue weighted by atomic mass is 9.86. The highest BCUT2D eigenvalue weighted by Gasteiger charge is 2.37. The van der Waals surface area contributed by atoms with Crippen molar-refractivity contribution in [3.8, 4) is 11.5 Å². The Kier molecular flexibility index (Phi) is 9.04. The Hall–Kier alpha value is -3.30. The highest BCUT2D eigenvalue weighted by molar-refractivity contribution is 6.32. The monoisotopic (exact) mass is 583 g/mol. The zero-order valence-electron chi connectivity index (χ0n) is 24.0. The van der Waals surface area contributed by atoms with E-state index in [1.165, 1.54) is 10.5 Å². The third-order valence-corrected chi connectivity index (χ3v) is 8.65. The number of hydrogen-bond acceptors (Lipinski definition) is 7. The molecule has 10 heteroatoms. The van der Waals surface area contributed by atoms with E-state index in [0.717, 1.165) is 48.4 Å². The van der Waals surface area contributed by atoms with Gasteiger partial charge in [-0.2, -0.15) is 0 Å². The van der Waals surface area contributed by atoms with Gasteiger partial charge in [-0.1, -0.05) is 29.8 Å². The van der Waals surface area contributed by atoms with Crippen molar-refractivity contribution in [1.82, 2.24) is 14.7 Å². The minimum atomic E-state index is -0.808. The number of hydrogen-bond donors (Lipinski definition) is 0. The molecule has 2 unspecified atom stereocenters. The zero-order chi connectivity index (χ0) is 29.1. The minimum absolute atomic E-state index is 0.0122. The van der Waals surface area contributed by atoms with Crippen molar-refractivity contribution in [3.05, 3.63) is 57.6 Å². The van der Waals surface area contributed by atoms with E-state index in [0.29, 0.717) is 44.1 Å². The van der Waals surface area contributed by atoms with E-state index in [2.05, 4.69) is 30.1 Å². The number of halogens is 1. The lowest BCUT2D eigenvalue weighted by Gasteiger charge is -2.25. The van der Waals surface area contributed by atoms with Crippen LogP contribution in [0.1, 0.15) is 54.9 Å². The molecule has 3 aliphatic rings. The quantitative estimate of drug-likeness (QED) is 0.450. The molecule has 0 radical (unpaired) electrons. The van der Waals surface area contributed by atoms with Gasteiger partial charge < -0.3 is 24.0 Å². The molecule has 41 heavy (non-hydrogen) atoms. The van der Waals surface area contributed by atoms with Gasteiger partial charge in [0.1, 0.15) is 11.8 Å². The van der Waals surface area contributed by atoms with Gasteiger partial charge >= 0.3 is 12.1 Å². The summed E-state index contributed by atoms with van der Waals surface area (Å²) in [6, 6.07) is 9.26. The number of likely N-dealkylation sites (N-methyl/N-ethyl adjacent to an activating group) is 2. The van der Waals surface area contributed by atoms with Crippen molar-refractivity contribution >= 4 is 29.6 Å². The summed E-state index contributed by atoms with van der Waals surface area (Å²) in [5.41, 5.74) is 4.50. The van der Waals surface area contributed by atoms with Crippen molar-refractivity contribution in [2.75, 3.05) is 53.0 Å². The summed E-state index contributed by atoms with van der Waals surface area (Å²) in [6.07, 6.45) is 2.12. The Morgan fingerprint density at radius 1 is 1.07 bits per heavy atom. The number of carbonyl (C=O) groups excluding carboxylic acids is 3. The number of esters is 1. The van der Waals surface area contributed by atoms with Gasteiger partial charge in [-0.3, -0.25) is 9.69 Å². The lowest BCUT2D eigenvalue weighted by molar-refractivity contribution is -0.155. The second kappa shape index (κ2) is 12.7. The smallest absolute Gasteiger partial charge is 0.416 e. The Balaban J connectivity index is 1.35. The van der Waals surface area contributed by atoms with Crippen LogP contribution < -0.4 is 9.47 Å². The van der Waals surface area contributed by atoms with Gasteiger partial charge in [0, 0.05) is 50.6 Å². The van der Waals surface area contributed by atoms with Crippen LogP contribution in [-0.2, 0) is 27.2 Å². The Labute approximate surface area is 246 Å². The number of carbonyl (C=O) groups is 3. The molecule has 3 aliphatic heterocycles. The Morgan fingerprint density at radius 2 is 1.88 bits per heavy atom. The minimum Gasteiger partial charge on any atom is -0.493 e. The first-order chi connectivity index (χ1) is 19.8. The van der Waals surface area contributed by atoms with E-state index < -0.39 is 18.1 Å². The number of benzene rings is 2. The summed E-state index contributed by atoms with van der Waals surface area (Å²) in [6.45, 7) is 7.15. The SMILES string of the molecule is CCN(CC)C(=O)COC(=O)C1CCCN1C(=O)Oc1cc2c(cc1Cl)CCN(C)CC2c1cccc2c1OCC2. The fourth-order valence-corrected chi connectivity index (χ4v) is 6.33. The summed E-state index contributed by atoms with van der Waals surface area (Å²) in [4.78, 5) is 43.7. The molecule has 0 aromatic heterocycles. The highest BCUT2D eigenvalue weighted by Crippen LogP contribution is 2.42. The van der Waals surface area contributed by atoms with E-state index in [-0.39, 0.29) is 24.2 Å². The number of fused-ring (bicyclic) bond motifs is 2. The maximum atomic E-state index is 13.3. The number of likely N-dealkylation sites (tertiary alicyclic amines) is 1. The molecule has 0 saturated carbocycles. The molecule has 9 nitrogen and oxygen atoms in total. The van der Waals surface area contributed by atoms with Crippen LogP contribution in [0.15, 0.2) is 30.3 Å². The van der Waals surface area contributed by atoms with Crippen molar-refractivity contribution in [1.29, 1.82) is 0 Å². The fraction of sp³-hybridized carbons (Fsp3) is 0.516. The maximum Gasteiger partial charge on any atom is 0.416 e. The van der Waals surface area contributed by atoms with Crippen LogP contribution in [0.4, 0.5) is 4.79 Å². The van der Waals surface area contributed by atoms with Crippen LogP contribution >= 0.6 is 11.6 Å². The first kappa shape index (κ1) is 29.2. The second-order valence-corrected chi connectivity index (χ2v) is 11.3. The number of rotatable bonds is 7. The fourth-order valence-electron chi connectivity index (χ4n) is 6.10. The van der Waals surface area contributed by atoms with Crippen LogP contribution in [0.25, 0.3) is 0 Å². The summed E-state index contributed by atoms with van der Waals surface area (Å²) in [5.74, 6) is 0.355. The molecule has 3 heterocycles. The molecule has 2 atom stereocenters. The number of amides is 2. The van der Waals surface area contributed by atoms with Crippen molar-refractivity contribution in [2.45, 2.75) is 51.5 Å². The van der Waals surface area contributed by atoms with Crippen molar-refractivity contribution < 1.29 is 28.6 Å². The first-order valence-electron chi connectivity index (χ1n) is 14.5. The average Bonchev–Trinajstić information content (AvgIpc) is 3.63. The lowest BCUT2D eigenvalue weighted by Crippen LogP contribution is -2.44. The van der Waals surface area contributed by atoms with Crippen molar-refractivity contribution in [3.63, 3.8) is 0 Å². The van der Waals surface area contributed by atoms with Gasteiger partial charge in [0.15, 0.2) is 12.4 Å². The Morgan fingerprint density at radius 3 is 2.66 bits per heavy atom. The van der Waals surface area contributed by atoms with Crippen LogP contribution in [0.5, 0.6) is 11.5 Å². The molecule has 0 N–H and O–H groups in total. The zero-order valence-corrected chi connectivity index (χ0v) is 24.7. The van der Waals surface area contributed by atoms with Gasteiger partial charge in [0.25, 0.3) is 5.91 Å². The van der Waals surface area contributed by atoms with Gasteiger partial charge in [0.2, 0.25) is 0 Å². The van der Waals surface area contributed by atoms with Crippen LogP contribution in [0.2, 0.25) is 5.02 Å². The predicted octanol–water partition coefficient (Wildman–Crippen LogP) is 4.27. The number of nitrogens with zero attached hydrogens (tertiary/aromatic N) is 3. The summed E-state index contributed by atoms with van der Waals surface area (Å²) in [5, 5.41) is 0.345. The largest absolute Gasteiger partial charge is 0.493 e. The average molecular weight is 584 g/mol. The predicted molar refractivity (Wildman–Crippen MR) is 155 cm³/mol. The van der Waals surface area contributed by atoms with Crippen LogP contribution in [0.3, 0.4) is 0 Å². The highest BCUT2D eigenvalue weighted by atomic mass is 35.5. The van der Waals surface area contributed by atoms with E-state index in [1.54, 1.807) is 4.90 Å². The molecule has 1 saturated heterocycles. The van der Waals surface area contributed by atoms with E-state index in [4.69, 9.17) is 25.8 Å². The molecule has 1 fully saturated rings. The maximum absolute atomic E-state index is 13.3. The first-order valence-corrected chi connectivity index (χ1v) is 14.9. The van der Waals surface area contributed by atoms with Crippen LogP contribution in [0, 0.1) is 0 Å². The molecule has 0 aliphatic carbocycles. The third-order valence-electron chi connectivity index (χ3n) is 8.36. The summed E-state index contributed by atoms with van der Waals surface area (Å²) in [7, 11) is 2.10.